The van der Waals surface area contributed by atoms with Crippen molar-refractivity contribution < 1.29 is 5.11 Å². The zero-order chi connectivity index (χ0) is 12.3. The molecular weight excluding hydrogens is 234 g/mol. The van der Waals surface area contributed by atoms with Crippen LogP contribution in [0.4, 0.5) is 0 Å². The number of aromatic hydroxyl groups is 1. The van der Waals surface area contributed by atoms with Gasteiger partial charge in [-0.25, -0.2) is 0 Å². The van der Waals surface area contributed by atoms with E-state index in [2.05, 4.69) is 17.1 Å². The van der Waals surface area contributed by atoms with Crippen LogP contribution in [0.1, 0.15) is 19.8 Å². The van der Waals surface area contributed by atoms with Crippen molar-refractivity contribution in [3.8, 4) is 17.1 Å². The summed E-state index contributed by atoms with van der Waals surface area (Å²) in [6.07, 6.45) is 2.13. The van der Waals surface area contributed by atoms with Gasteiger partial charge in [0.25, 0.3) is 0 Å². The van der Waals surface area contributed by atoms with Crippen LogP contribution >= 0.6 is 12.2 Å². The van der Waals surface area contributed by atoms with E-state index >= 15 is 0 Å². The Balaban J connectivity index is 2.46. The summed E-state index contributed by atoms with van der Waals surface area (Å²) in [6.45, 7) is 2.94. The Morgan fingerprint density at radius 2 is 2.18 bits per heavy atom. The zero-order valence-corrected chi connectivity index (χ0v) is 10.5. The molecule has 0 bridgehead atoms. The Bertz CT molecular complexity index is 559. The monoisotopic (exact) mass is 249 g/mol. The van der Waals surface area contributed by atoms with Crippen LogP contribution < -0.4 is 0 Å². The predicted molar refractivity (Wildman–Crippen MR) is 69.4 cm³/mol. The molecule has 2 aromatic rings. The maximum atomic E-state index is 9.82. The quantitative estimate of drug-likeness (QED) is 0.819. The Hall–Kier alpha value is -1.62. The van der Waals surface area contributed by atoms with Crippen LogP contribution in [0.5, 0.6) is 5.75 Å². The van der Waals surface area contributed by atoms with Crippen LogP contribution in [0.15, 0.2) is 24.3 Å². The molecule has 0 aliphatic heterocycles. The summed E-state index contributed by atoms with van der Waals surface area (Å²) in [7, 11) is 0. The standard InChI is InChI=1S/C12H15N3OS/c1-2-3-8-15-11(13-14-12(15)17)9-6-4-5-7-10(9)16/h4-7,16H,2-3,8H2,1H3,(H,14,17). The summed E-state index contributed by atoms with van der Waals surface area (Å²) in [5.41, 5.74) is 0.705. The van der Waals surface area contributed by atoms with E-state index in [0.29, 0.717) is 16.2 Å². The molecule has 0 atom stereocenters. The second kappa shape index (κ2) is 5.14. The van der Waals surface area contributed by atoms with Crippen LogP contribution in [0.2, 0.25) is 0 Å². The van der Waals surface area contributed by atoms with Crippen molar-refractivity contribution in [1.29, 1.82) is 0 Å². The van der Waals surface area contributed by atoms with Gasteiger partial charge in [0.05, 0.1) is 5.56 Å². The number of nitrogens with zero attached hydrogens (tertiary/aromatic N) is 2. The van der Waals surface area contributed by atoms with E-state index in [0.717, 1.165) is 19.4 Å². The van der Waals surface area contributed by atoms with Crippen molar-refractivity contribution in [2.45, 2.75) is 26.3 Å². The molecule has 0 aliphatic carbocycles. The highest BCUT2D eigenvalue weighted by atomic mass is 32.1. The third-order valence-electron chi connectivity index (χ3n) is 2.64. The number of rotatable bonds is 4. The summed E-state index contributed by atoms with van der Waals surface area (Å²) in [6, 6.07) is 7.15. The molecule has 1 heterocycles. The topological polar surface area (TPSA) is 53.8 Å². The molecule has 17 heavy (non-hydrogen) atoms. The second-order valence-electron chi connectivity index (χ2n) is 3.87. The van der Waals surface area contributed by atoms with Gasteiger partial charge in [-0.2, -0.15) is 5.10 Å². The number of benzene rings is 1. The third kappa shape index (κ3) is 2.39. The molecule has 2 rings (SSSR count). The average Bonchev–Trinajstić information content (AvgIpc) is 2.69. The third-order valence-corrected chi connectivity index (χ3v) is 2.95. The SMILES string of the molecule is CCCCn1c(-c2ccccc2O)n[nH]c1=S. The number of aromatic nitrogens is 3. The molecule has 0 fully saturated rings. The van der Waals surface area contributed by atoms with Crippen LogP contribution in [0.3, 0.4) is 0 Å². The molecule has 5 heteroatoms. The number of unbranched alkanes of at least 4 members (excludes halogenated alkanes) is 1. The molecule has 1 aromatic heterocycles. The van der Waals surface area contributed by atoms with E-state index < -0.39 is 0 Å². The molecule has 0 aliphatic rings. The minimum atomic E-state index is 0.222. The van der Waals surface area contributed by atoms with Crippen molar-refractivity contribution in [2.24, 2.45) is 0 Å². The number of H-pyrrole nitrogens is 1. The minimum Gasteiger partial charge on any atom is -0.507 e. The van der Waals surface area contributed by atoms with Crippen LogP contribution in [0.25, 0.3) is 11.4 Å². The molecule has 0 radical (unpaired) electrons. The number of aromatic amines is 1. The number of hydrogen-bond acceptors (Lipinski definition) is 3. The number of phenolic OH excluding ortho intramolecular Hbond substituents is 1. The van der Waals surface area contributed by atoms with Gasteiger partial charge in [0.1, 0.15) is 5.75 Å². The summed E-state index contributed by atoms with van der Waals surface area (Å²) in [5, 5.41) is 16.8. The van der Waals surface area contributed by atoms with Crippen LogP contribution in [-0.4, -0.2) is 19.9 Å². The molecule has 0 amide bonds. The van der Waals surface area contributed by atoms with Gasteiger partial charge >= 0.3 is 0 Å². The molecule has 90 valence electrons. The summed E-state index contributed by atoms with van der Waals surface area (Å²) in [4.78, 5) is 0. The number of para-hydroxylation sites is 1. The largest absolute Gasteiger partial charge is 0.507 e. The van der Waals surface area contributed by atoms with Crippen molar-refractivity contribution in [3.63, 3.8) is 0 Å². The van der Waals surface area contributed by atoms with Crippen molar-refractivity contribution in [1.82, 2.24) is 14.8 Å². The number of hydrogen-bond donors (Lipinski definition) is 2. The lowest BCUT2D eigenvalue weighted by molar-refractivity contribution is 0.476. The van der Waals surface area contributed by atoms with Gasteiger partial charge in [0.2, 0.25) is 0 Å². The van der Waals surface area contributed by atoms with E-state index in [1.54, 1.807) is 12.1 Å². The molecule has 0 unspecified atom stereocenters. The van der Waals surface area contributed by atoms with Crippen LogP contribution in [0, 0.1) is 4.77 Å². The fourth-order valence-electron chi connectivity index (χ4n) is 1.71. The lowest BCUT2D eigenvalue weighted by Crippen LogP contribution is -2.00. The molecule has 2 N–H and O–H groups in total. The summed E-state index contributed by atoms with van der Waals surface area (Å²) < 4.78 is 2.52. The Kier molecular flexibility index (Phi) is 3.58. The first-order valence-corrected chi connectivity index (χ1v) is 6.08. The molecule has 0 saturated heterocycles. The maximum absolute atomic E-state index is 9.82. The second-order valence-corrected chi connectivity index (χ2v) is 4.26. The van der Waals surface area contributed by atoms with Gasteiger partial charge < -0.3 is 9.67 Å². The van der Waals surface area contributed by atoms with Crippen molar-refractivity contribution in [3.05, 3.63) is 29.0 Å². The number of nitrogens with one attached hydrogen (secondary N) is 1. The van der Waals surface area contributed by atoms with Crippen molar-refractivity contribution in [2.75, 3.05) is 0 Å². The zero-order valence-electron chi connectivity index (χ0n) is 9.68. The van der Waals surface area contributed by atoms with Crippen LogP contribution in [-0.2, 0) is 6.54 Å². The van der Waals surface area contributed by atoms with E-state index in [-0.39, 0.29) is 5.75 Å². The Labute approximate surface area is 105 Å². The Morgan fingerprint density at radius 3 is 2.88 bits per heavy atom. The Morgan fingerprint density at radius 1 is 1.41 bits per heavy atom. The summed E-state index contributed by atoms with van der Waals surface area (Å²) in [5.74, 6) is 0.917. The lowest BCUT2D eigenvalue weighted by atomic mass is 10.2. The molecule has 0 saturated carbocycles. The molecule has 0 spiro atoms. The minimum absolute atomic E-state index is 0.222. The van der Waals surface area contributed by atoms with Gasteiger partial charge in [-0.05, 0) is 30.8 Å². The van der Waals surface area contributed by atoms with Gasteiger partial charge in [-0.1, -0.05) is 25.5 Å². The van der Waals surface area contributed by atoms with E-state index in [4.69, 9.17) is 12.2 Å². The average molecular weight is 249 g/mol. The van der Waals surface area contributed by atoms with Gasteiger partial charge in [-0.3, -0.25) is 5.10 Å². The van der Waals surface area contributed by atoms with Gasteiger partial charge in [-0.15, -0.1) is 0 Å². The summed E-state index contributed by atoms with van der Waals surface area (Å²) >= 11 is 5.19. The van der Waals surface area contributed by atoms with Gasteiger partial charge in [0.15, 0.2) is 10.6 Å². The molecule has 1 aromatic carbocycles. The van der Waals surface area contributed by atoms with E-state index in [1.165, 1.54) is 0 Å². The molecular formula is C12H15N3OS. The maximum Gasteiger partial charge on any atom is 0.195 e. The normalized spacial score (nSPS) is 10.6. The highest BCUT2D eigenvalue weighted by Gasteiger charge is 2.11. The first-order valence-electron chi connectivity index (χ1n) is 5.67. The number of phenols is 1. The first kappa shape index (κ1) is 11.9. The smallest absolute Gasteiger partial charge is 0.195 e. The highest BCUT2D eigenvalue weighted by Crippen LogP contribution is 2.27. The molecule has 4 nitrogen and oxygen atoms in total. The van der Waals surface area contributed by atoms with E-state index in [1.807, 2.05) is 16.7 Å². The lowest BCUT2D eigenvalue weighted by Gasteiger charge is -2.07. The van der Waals surface area contributed by atoms with Gasteiger partial charge in [0, 0.05) is 6.54 Å². The fourth-order valence-corrected chi connectivity index (χ4v) is 1.93. The van der Waals surface area contributed by atoms with E-state index in [9.17, 15) is 5.11 Å². The first-order chi connectivity index (χ1) is 8.24. The van der Waals surface area contributed by atoms with Crippen molar-refractivity contribution >= 4 is 12.2 Å². The predicted octanol–water partition coefficient (Wildman–Crippen LogP) is 3.11. The fraction of sp³-hybridized carbons (Fsp3) is 0.333. The highest BCUT2D eigenvalue weighted by molar-refractivity contribution is 7.71.